The number of nitrogens with one attached hydrogen (secondary N) is 1. The minimum atomic E-state index is -1.23. The number of anilines is 1. The molecule has 1 heterocycles. The van der Waals surface area contributed by atoms with Crippen LogP contribution in [-0.4, -0.2) is 29.6 Å². The predicted molar refractivity (Wildman–Crippen MR) is 109 cm³/mol. The van der Waals surface area contributed by atoms with Gasteiger partial charge in [-0.1, -0.05) is 42.5 Å². The van der Waals surface area contributed by atoms with Gasteiger partial charge >= 0.3 is 11.9 Å². The molecule has 2 N–H and O–H groups in total. The molecule has 0 saturated carbocycles. The van der Waals surface area contributed by atoms with E-state index < -0.39 is 17.8 Å². The van der Waals surface area contributed by atoms with Gasteiger partial charge in [0.05, 0.1) is 6.61 Å². The molecule has 28 heavy (non-hydrogen) atoms. The van der Waals surface area contributed by atoms with Gasteiger partial charge in [-0.05, 0) is 23.3 Å². The highest BCUT2D eigenvalue weighted by Gasteiger charge is 2.23. The molecule has 3 rings (SSSR count). The van der Waals surface area contributed by atoms with E-state index in [0.717, 1.165) is 28.5 Å². The average Bonchev–Trinajstić information content (AvgIpc) is 3.09. The fourth-order valence-corrected chi connectivity index (χ4v) is 3.77. The zero-order chi connectivity index (χ0) is 20.1. The van der Waals surface area contributed by atoms with Gasteiger partial charge in [0.1, 0.15) is 10.6 Å². The minimum Gasteiger partial charge on any atom is -0.478 e. The van der Waals surface area contributed by atoms with Crippen molar-refractivity contribution in [2.24, 2.45) is 0 Å². The molecular weight excluding hydrogens is 378 g/mol. The summed E-state index contributed by atoms with van der Waals surface area (Å²) in [5.74, 6) is -2.42. The number of carboxylic acids is 1. The second-order valence-corrected chi connectivity index (χ2v) is 6.64. The van der Waals surface area contributed by atoms with Crippen LogP contribution in [0.4, 0.5) is 5.00 Å². The van der Waals surface area contributed by atoms with Crippen molar-refractivity contribution >= 4 is 45.0 Å². The Morgan fingerprint density at radius 1 is 1.07 bits per heavy atom. The number of fused-ring (bicyclic) bond motifs is 1. The Balaban J connectivity index is 2.09. The van der Waals surface area contributed by atoms with Gasteiger partial charge in [0.25, 0.3) is 0 Å². The number of rotatable bonds is 6. The standard InChI is InChI=1S/C21H17NO5S/c1-2-27-21(26)19-16(12-28-20(19)22-17(23)10-11-18(24)25)15-9-5-7-13-6-3-4-8-14(13)15/h3-12H,2H2,1H3,(H,22,23)(H,24,25). The first-order valence-electron chi connectivity index (χ1n) is 8.50. The van der Waals surface area contributed by atoms with E-state index in [1.807, 2.05) is 42.5 Å². The molecule has 0 fully saturated rings. The van der Waals surface area contributed by atoms with E-state index in [4.69, 9.17) is 9.84 Å². The summed E-state index contributed by atoms with van der Waals surface area (Å²) < 4.78 is 5.19. The summed E-state index contributed by atoms with van der Waals surface area (Å²) in [5, 5.41) is 15.3. The molecule has 6 nitrogen and oxygen atoms in total. The molecule has 0 aliphatic heterocycles. The Morgan fingerprint density at radius 3 is 2.57 bits per heavy atom. The lowest BCUT2D eigenvalue weighted by molar-refractivity contribution is -0.131. The second kappa shape index (κ2) is 8.49. The zero-order valence-corrected chi connectivity index (χ0v) is 15.8. The molecule has 0 atom stereocenters. The van der Waals surface area contributed by atoms with E-state index in [-0.39, 0.29) is 12.2 Å². The van der Waals surface area contributed by atoms with Crippen molar-refractivity contribution in [2.45, 2.75) is 6.92 Å². The lowest BCUT2D eigenvalue weighted by Gasteiger charge is -2.10. The van der Waals surface area contributed by atoms with Crippen LogP contribution >= 0.6 is 11.3 Å². The number of carboxylic acid groups (broad SMARTS) is 1. The van der Waals surface area contributed by atoms with Crippen LogP contribution in [0.25, 0.3) is 21.9 Å². The molecule has 3 aromatic rings. The summed E-state index contributed by atoms with van der Waals surface area (Å²) in [6, 6.07) is 13.6. The van der Waals surface area contributed by atoms with Crippen LogP contribution in [0.2, 0.25) is 0 Å². The van der Waals surface area contributed by atoms with Crippen molar-refractivity contribution < 1.29 is 24.2 Å². The molecule has 0 radical (unpaired) electrons. The summed E-state index contributed by atoms with van der Waals surface area (Å²) in [6.07, 6.45) is 1.63. The summed E-state index contributed by atoms with van der Waals surface area (Å²) >= 11 is 1.18. The van der Waals surface area contributed by atoms with E-state index >= 15 is 0 Å². The van der Waals surface area contributed by atoms with E-state index in [1.54, 1.807) is 12.3 Å². The molecule has 0 spiro atoms. The number of carbonyl (C=O) groups excluding carboxylic acids is 2. The number of ether oxygens (including phenoxy) is 1. The summed E-state index contributed by atoms with van der Waals surface area (Å²) in [6.45, 7) is 1.89. The van der Waals surface area contributed by atoms with Crippen molar-refractivity contribution in [1.29, 1.82) is 0 Å². The third kappa shape index (κ3) is 4.10. The first-order valence-corrected chi connectivity index (χ1v) is 9.38. The molecule has 0 aliphatic carbocycles. The highest BCUT2D eigenvalue weighted by Crippen LogP contribution is 2.39. The van der Waals surface area contributed by atoms with Crippen LogP contribution in [0, 0.1) is 0 Å². The Labute approximate surface area is 165 Å². The van der Waals surface area contributed by atoms with Crippen LogP contribution in [0.3, 0.4) is 0 Å². The maximum Gasteiger partial charge on any atom is 0.341 e. The topological polar surface area (TPSA) is 92.7 Å². The number of hydrogen-bond acceptors (Lipinski definition) is 5. The predicted octanol–water partition coefficient (Wildman–Crippen LogP) is 4.32. The molecular formula is C21H17NO5S. The Bertz CT molecular complexity index is 1080. The Morgan fingerprint density at radius 2 is 1.82 bits per heavy atom. The van der Waals surface area contributed by atoms with Gasteiger partial charge < -0.3 is 15.2 Å². The zero-order valence-electron chi connectivity index (χ0n) is 15.0. The smallest absolute Gasteiger partial charge is 0.341 e. The second-order valence-electron chi connectivity index (χ2n) is 5.76. The maximum absolute atomic E-state index is 12.6. The highest BCUT2D eigenvalue weighted by molar-refractivity contribution is 7.15. The largest absolute Gasteiger partial charge is 0.478 e. The number of esters is 1. The normalized spacial score (nSPS) is 10.9. The molecule has 1 amide bonds. The number of aliphatic carboxylic acids is 1. The summed E-state index contributed by atoms with van der Waals surface area (Å²) in [4.78, 5) is 35.2. The van der Waals surface area contributed by atoms with E-state index in [9.17, 15) is 14.4 Å². The van der Waals surface area contributed by atoms with Crippen molar-refractivity contribution in [1.82, 2.24) is 0 Å². The van der Waals surface area contributed by atoms with Crippen LogP contribution in [0.5, 0.6) is 0 Å². The van der Waals surface area contributed by atoms with Gasteiger partial charge in [0, 0.05) is 23.1 Å². The third-order valence-electron chi connectivity index (χ3n) is 3.96. The molecule has 2 aromatic carbocycles. The Hall–Kier alpha value is -3.45. The van der Waals surface area contributed by atoms with Crippen LogP contribution in [0.15, 0.2) is 60.0 Å². The molecule has 0 aliphatic rings. The van der Waals surface area contributed by atoms with Crippen LogP contribution in [0.1, 0.15) is 17.3 Å². The lowest BCUT2D eigenvalue weighted by Crippen LogP contribution is -2.13. The maximum atomic E-state index is 12.6. The van der Waals surface area contributed by atoms with E-state index in [2.05, 4.69) is 5.32 Å². The molecule has 0 bridgehead atoms. The van der Waals surface area contributed by atoms with Gasteiger partial charge in [0.2, 0.25) is 5.91 Å². The molecule has 0 saturated heterocycles. The molecule has 1 aromatic heterocycles. The van der Waals surface area contributed by atoms with Crippen molar-refractivity contribution in [3.8, 4) is 11.1 Å². The van der Waals surface area contributed by atoms with Gasteiger partial charge in [-0.25, -0.2) is 9.59 Å². The number of carbonyl (C=O) groups is 3. The number of thiophene rings is 1. The van der Waals surface area contributed by atoms with Crippen LogP contribution in [-0.2, 0) is 14.3 Å². The fraction of sp³-hybridized carbons (Fsp3) is 0.0952. The van der Waals surface area contributed by atoms with Crippen LogP contribution < -0.4 is 5.32 Å². The number of hydrogen-bond donors (Lipinski definition) is 2. The summed E-state index contributed by atoms with van der Waals surface area (Å²) in [7, 11) is 0. The lowest BCUT2D eigenvalue weighted by atomic mass is 9.97. The average molecular weight is 395 g/mol. The van der Waals surface area contributed by atoms with Crippen molar-refractivity contribution in [3.63, 3.8) is 0 Å². The van der Waals surface area contributed by atoms with Gasteiger partial charge in [-0.15, -0.1) is 11.3 Å². The van der Waals surface area contributed by atoms with Gasteiger partial charge in [-0.3, -0.25) is 4.79 Å². The van der Waals surface area contributed by atoms with E-state index in [0.29, 0.717) is 10.6 Å². The highest BCUT2D eigenvalue weighted by atomic mass is 32.1. The van der Waals surface area contributed by atoms with Gasteiger partial charge in [-0.2, -0.15) is 0 Å². The van der Waals surface area contributed by atoms with E-state index in [1.165, 1.54) is 11.3 Å². The molecule has 142 valence electrons. The van der Waals surface area contributed by atoms with Crippen molar-refractivity contribution in [2.75, 3.05) is 11.9 Å². The number of amides is 1. The molecule has 0 unspecified atom stereocenters. The Kier molecular flexibility index (Phi) is 5.86. The fourth-order valence-electron chi connectivity index (χ4n) is 2.81. The number of benzene rings is 2. The summed E-state index contributed by atoms with van der Waals surface area (Å²) in [5.41, 5.74) is 1.75. The monoisotopic (exact) mass is 395 g/mol. The first kappa shape index (κ1) is 19.3. The van der Waals surface area contributed by atoms with Crippen molar-refractivity contribution in [3.05, 3.63) is 65.6 Å². The molecule has 7 heteroatoms. The quantitative estimate of drug-likeness (QED) is 0.479. The minimum absolute atomic E-state index is 0.190. The first-order chi connectivity index (χ1) is 13.5. The third-order valence-corrected chi connectivity index (χ3v) is 4.86. The van der Waals surface area contributed by atoms with Gasteiger partial charge in [0.15, 0.2) is 0 Å². The SMILES string of the molecule is CCOC(=O)c1c(-c2cccc3ccccc23)csc1NC(=O)C=CC(=O)O.